The van der Waals surface area contributed by atoms with Crippen LogP contribution in [0, 0.1) is 0 Å². The van der Waals surface area contributed by atoms with E-state index in [4.69, 9.17) is 22.1 Å². The number of benzene rings is 1. The third-order valence-corrected chi connectivity index (χ3v) is 4.08. The van der Waals surface area contributed by atoms with Crippen molar-refractivity contribution in [2.45, 2.75) is 17.7 Å². The first-order chi connectivity index (χ1) is 7.65. The molecule has 1 heterocycles. The Bertz CT molecular complexity index is 448. The number of ether oxygens (including phenoxy) is 1. The largest absolute Gasteiger partial charge is 0.494 e. The quantitative estimate of drug-likeness (QED) is 0.886. The minimum atomic E-state index is -0.481. The molecule has 3 nitrogen and oxygen atoms in total. The number of carbonyl (C=O) groups excluding carboxylic acids is 1. The summed E-state index contributed by atoms with van der Waals surface area (Å²) in [6.07, 6.45) is 2.03. The Hall–Kier alpha value is -0.870. The van der Waals surface area contributed by atoms with Crippen molar-refractivity contribution >= 4 is 29.3 Å². The fourth-order valence-electron chi connectivity index (χ4n) is 1.88. The van der Waals surface area contributed by atoms with E-state index in [1.54, 1.807) is 11.8 Å². The first kappa shape index (κ1) is 11.6. The van der Waals surface area contributed by atoms with Gasteiger partial charge in [-0.15, -0.1) is 11.8 Å². The topological polar surface area (TPSA) is 52.3 Å². The molecule has 2 rings (SSSR count). The van der Waals surface area contributed by atoms with Crippen LogP contribution in [0.4, 0.5) is 0 Å². The Kier molecular flexibility index (Phi) is 3.30. The summed E-state index contributed by atoms with van der Waals surface area (Å²) in [6.45, 7) is 0. The molecule has 1 aromatic carbocycles. The number of hydrogen-bond acceptors (Lipinski definition) is 3. The summed E-state index contributed by atoms with van der Waals surface area (Å²) >= 11 is 7.71. The van der Waals surface area contributed by atoms with Crippen LogP contribution in [0.5, 0.6) is 5.75 Å². The Morgan fingerprint density at radius 1 is 1.62 bits per heavy atom. The molecule has 1 aromatic rings. The van der Waals surface area contributed by atoms with E-state index in [9.17, 15) is 4.79 Å². The molecule has 0 aromatic heterocycles. The zero-order valence-corrected chi connectivity index (χ0v) is 10.5. The molecular weight excluding hydrogens is 246 g/mol. The second-order valence-electron chi connectivity index (χ2n) is 3.57. The van der Waals surface area contributed by atoms with E-state index in [2.05, 4.69) is 0 Å². The summed E-state index contributed by atoms with van der Waals surface area (Å²) in [6, 6.07) is 1.87. The molecule has 1 aliphatic rings. The molecule has 1 aliphatic heterocycles. The van der Waals surface area contributed by atoms with Gasteiger partial charge >= 0.3 is 0 Å². The van der Waals surface area contributed by atoms with Crippen molar-refractivity contribution in [2.24, 2.45) is 5.73 Å². The van der Waals surface area contributed by atoms with Crippen LogP contribution in [0.3, 0.4) is 0 Å². The van der Waals surface area contributed by atoms with E-state index >= 15 is 0 Å². The number of aryl methyl sites for hydroxylation is 1. The number of fused-ring (bicyclic) bond motifs is 1. The van der Waals surface area contributed by atoms with Gasteiger partial charge in [0, 0.05) is 4.90 Å². The van der Waals surface area contributed by atoms with E-state index in [0.29, 0.717) is 16.3 Å². The van der Waals surface area contributed by atoms with Crippen molar-refractivity contribution in [3.8, 4) is 5.75 Å². The molecule has 86 valence electrons. The molecule has 0 atom stereocenters. The lowest BCUT2D eigenvalue weighted by Gasteiger charge is -2.20. The van der Waals surface area contributed by atoms with Crippen LogP contribution in [-0.2, 0) is 6.42 Å². The Balaban J connectivity index is 2.68. The van der Waals surface area contributed by atoms with E-state index in [-0.39, 0.29) is 0 Å². The van der Waals surface area contributed by atoms with Crippen LogP contribution in [0.15, 0.2) is 11.0 Å². The monoisotopic (exact) mass is 257 g/mol. The van der Waals surface area contributed by atoms with E-state index in [0.717, 1.165) is 29.1 Å². The predicted octanol–water partition coefficient (Wildman–Crippen LogP) is 2.49. The average Bonchev–Trinajstić information content (AvgIpc) is 2.26. The lowest BCUT2D eigenvalue weighted by Crippen LogP contribution is -2.16. The molecule has 2 N–H and O–H groups in total. The van der Waals surface area contributed by atoms with Gasteiger partial charge in [-0.1, -0.05) is 11.6 Å². The molecule has 0 fully saturated rings. The van der Waals surface area contributed by atoms with Gasteiger partial charge in [0.25, 0.3) is 5.91 Å². The maximum atomic E-state index is 11.5. The maximum Gasteiger partial charge on any atom is 0.253 e. The smallest absolute Gasteiger partial charge is 0.253 e. The standard InChI is InChI=1S/C11H12ClNO2S/c1-15-9-7(12)5-6-3-2-4-16-10(6)8(9)11(13)14/h5H,2-4H2,1H3,(H2,13,14). The van der Waals surface area contributed by atoms with Gasteiger partial charge < -0.3 is 10.5 Å². The molecule has 5 heteroatoms. The van der Waals surface area contributed by atoms with Gasteiger partial charge in [-0.05, 0) is 30.2 Å². The second-order valence-corrected chi connectivity index (χ2v) is 5.08. The fourth-order valence-corrected chi connectivity index (χ4v) is 3.36. The summed E-state index contributed by atoms with van der Waals surface area (Å²) < 4.78 is 5.16. The first-order valence-electron chi connectivity index (χ1n) is 4.97. The van der Waals surface area contributed by atoms with Gasteiger partial charge in [0.05, 0.1) is 17.7 Å². The van der Waals surface area contributed by atoms with Gasteiger partial charge in [0.2, 0.25) is 0 Å². The highest BCUT2D eigenvalue weighted by atomic mass is 35.5. The van der Waals surface area contributed by atoms with Crippen molar-refractivity contribution in [3.63, 3.8) is 0 Å². The fraction of sp³-hybridized carbons (Fsp3) is 0.364. The lowest BCUT2D eigenvalue weighted by atomic mass is 10.0. The van der Waals surface area contributed by atoms with Crippen LogP contribution in [0.1, 0.15) is 22.3 Å². The number of methoxy groups -OCH3 is 1. The number of amides is 1. The van der Waals surface area contributed by atoms with Crippen LogP contribution in [0.2, 0.25) is 5.02 Å². The summed E-state index contributed by atoms with van der Waals surface area (Å²) in [7, 11) is 1.49. The number of rotatable bonds is 2. The molecule has 0 aliphatic carbocycles. The first-order valence-corrected chi connectivity index (χ1v) is 6.33. The highest BCUT2D eigenvalue weighted by molar-refractivity contribution is 7.99. The molecule has 0 bridgehead atoms. The minimum absolute atomic E-state index is 0.391. The van der Waals surface area contributed by atoms with Gasteiger partial charge in [-0.3, -0.25) is 4.79 Å². The molecule has 0 saturated carbocycles. The van der Waals surface area contributed by atoms with E-state index < -0.39 is 5.91 Å². The zero-order chi connectivity index (χ0) is 11.7. The number of halogens is 1. The summed E-state index contributed by atoms with van der Waals surface area (Å²) in [5.41, 5.74) is 6.91. The van der Waals surface area contributed by atoms with Crippen molar-refractivity contribution in [1.82, 2.24) is 0 Å². The van der Waals surface area contributed by atoms with Crippen LogP contribution < -0.4 is 10.5 Å². The number of nitrogens with two attached hydrogens (primary N) is 1. The van der Waals surface area contributed by atoms with Gasteiger partial charge in [0.1, 0.15) is 0 Å². The summed E-state index contributed by atoms with van der Waals surface area (Å²) in [5.74, 6) is 0.908. The van der Waals surface area contributed by atoms with E-state index in [1.165, 1.54) is 7.11 Å². The van der Waals surface area contributed by atoms with E-state index in [1.807, 2.05) is 6.07 Å². The van der Waals surface area contributed by atoms with Crippen molar-refractivity contribution in [3.05, 3.63) is 22.2 Å². The van der Waals surface area contributed by atoms with Crippen LogP contribution in [0.25, 0.3) is 0 Å². The average molecular weight is 258 g/mol. The van der Waals surface area contributed by atoms with Gasteiger partial charge in [-0.2, -0.15) is 0 Å². The van der Waals surface area contributed by atoms with Crippen LogP contribution in [-0.4, -0.2) is 18.8 Å². The number of thioether (sulfide) groups is 1. The number of carbonyl (C=O) groups is 1. The van der Waals surface area contributed by atoms with Crippen molar-refractivity contribution in [1.29, 1.82) is 0 Å². The molecule has 0 saturated heterocycles. The normalized spacial score (nSPS) is 14.4. The molecule has 16 heavy (non-hydrogen) atoms. The SMILES string of the molecule is COc1c(Cl)cc2c(c1C(N)=O)SCCC2. The van der Waals surface area contributed by atoms with Gasteiger partial charge in [0.15, 0.2) is 5.75 Å². The summed E-state index contributed by atoms with van der Waals surface area (Å²) in [4.78, 5) is 12.4. The molecular formula is C11H12ClNO2S. The van der Waals surface area contributed by atoms with Gasteiger partial charge in [-0.25, -0.2) is 0 Å². The van der Waals surface area contributed by atoms with Crippen molar-refractivity contribution in [2.75, 3.05) is 12.9 Å². The van der Waals surface area contributed by atoms with Crippen molar-refractivity contribution < 1.29 is 9.53 Å². The molecule has 1 amide bonds. The predicted molar refractivity (Wildman–Crippen MR) is 65.6 cm³/mol. The second kappa shape index (κ2) is 4.55. The van der Waals surface area contributed by atoms with Crippen LogP contribution >= 0.6 is 23.4 Å². The molecule has 0 radical (unpaired) electrons. The Morgan fingerprint density at radius 2 is 2.38 bits per heavy atom. The number of hydrogen-bond donors (Lipinski definition) is 1. The Labute approximate surface area is 103 Å². The highest BCUT2D eigenvalue weighted by Gasteiger charge is 2.23. The summed E-state index contributed by atoms with van der Waals surface area (Å²) in [5, 5.41) is 0.456. The number of primary amides is 1. The highest BCUT2D eigenvalue weighted by Crippen LogP contribution is 2.41. The zero-order valence-electron chi connectivity index (χ0n) is 8.88. The third-order valence-electron chi connectivity index (χ3n) is 2.55. The Morgan fingerprint density at radius 3 is 3.00 bits per heavy atom. The third kappa shape index (κ3) is 1.87. The maximum absolute atomic E-state index is 11.5. The lowest BCUT2D eigenvalue weighted by molar-refractivity contribution is 0.0994. The minimum Gasteiger partial charge on any atom is -0.494 e. The molecule has 0 spiro atoms. The molecule has 0 unspecified atom stereocenters.